The summed E-state index contributed by atoms with van der Waals surface area (Å²) in [5.74, 6) is 0.699. The third-order valence-corrected chi connectivity index (χ3v) is 7.01. The number of rotatable bonds is 6. The third kappa shape index (κ3) is 5.05. The van der Waals surface area contributed by atoms with E-state index in [4.69, 9.17) is 9.15 Å². The van der Waals surface area contributed by atoms with E-state index >= 15 is 0 Å². The van der Waals surface area contributed by atoms with E-state index in [2.05, 4.69) is 22.4 Å². The lowest BCUT2D eigenvalue weighted by molar-refractivity contribution is 0.0629. The molecule has 0 aliphatic carbocycles. The predicted octanol–water partition coefficient (Wildman–Crippen LogP) is 4.70. The van der Waals surface area contributed by atoms with Crippen molar-refractivity contribution in [1.29, 1.82) is 0 Å². The highest BCUT2D eigenvalue weighted by molar-refractivity contribution is 7.09. The molecule has 5 rings (SSSR count). The van der Waals surface area contributed by atoms with Crippen molar-refractivity contribution in [2.75, 3.05) is 26.2 Å². The summed E-state index contributed by atoms with van der Waals surface area (Å²) in [5, 5.41) is 2.99. The number of thiophene rings is 1. The smallest absolute Gasteiger partial charge is 0.336 e. The zero-order chi connectivity index (χ0) is 23.5. The highest BCUT2D eigenvalue weighted by Gasteiger charge is 2.22. The van der Waals surface area contributed by atoms with Crippen LogP contribution >= 0.6 is 11.3 Å². The standard InChI is InChI=1S/C27H26N2O4S/c1-19-15-26(30)33-25-16-22(8-9-24(19)25)32-18-20-4-6-21(7-5-20)27(31)29-12-10-28(11-13-29)17-23-3-2-14-34-23/h2-9,14-16H,10-13,17-18H2,1H3. The molecular weight excluding hydrogens is 448 g/mol. The molecule has 1 amide bonds. The van der Waals surface area contributed by atoms with Crippen LogP contribution in [0.1, 0.15) is 26.4 Å². The van der Waals surface area contributed by atoms with E-state index in [1.165, 1.54) is 10.9 Å². The SMILES string of the molecule is Cc1cc(=O)oc2cc(OCc3ccc(C(=O)N4CCN(Cc5cccs5)CC4)cc3)ccc12. The molecule has 3 heterocycles. The highest BCUT2D eigenvalue weighted by Crippen LogP contribution is 2.23. The molecule has 1 aliphatic rings. The fourth-order valence-corrected chi connectivity index (χ4v) is 4.97. The summed E-state index contributed by atoms with van der Waals surface area (Å²) in [7, 11) is 0. The van der Waals surface area contributed by atoms with Gasteiger partial charge in [-0.1, -0.05) is 18.2 Å². The molecule has 2 aromatic heterocycles. The van der Waals surface area contributed by atoms with E-state index < -0.39 is 0 Å². The quantitative estimate of drug-likeness (QED) is 0.379. The number of carbonyl (C=O) groups is 1. The second-order valence-electron chi connectivity index (χ2n) is 8.54. The average Bonchev–Trinajstić information content (AvgIpc) is 3.36. The Morgan fingerprint density at radius 3 is 2.56 bits per heavy atom. The summed E-state index contributed by atoms with van der Waals surface area (Å²) in [6.45, 7) is 6.46. The molecule has 174 valence electrons. The zero-order valence-corrected chi connectivity index (χ0v) is 19.8. The van der Waals surface area contributed by atoms with Crippen molar-refractivity contribution < 1.29 is 13.9 Å². The maximum absolute atomic E-state index is 12.9. The lowest BCUT2D eigenvalue weighted by atomic mass is 10.1. The van der Waals surface area contributed by atoms with Crippen LogP contribution in [-0.2, 0) is 13.2 Å². The van der Waals surface area contributed by atoms with Gasteiger partial charge in [-0.05, 0) is 53.8 Å². The fraction of sp³-hybridized carbons (Fsp3) is 0.259. The number of hydrogen-bond donors (Lipinski definition) is 0. The summed E-state index contributed by atoms with van der Waals surface area (Å²) >= 11 is 1.78. The Morgan fingerprint density at radius 2 is 1.82 bits per heavy atom. The number of fused-ring (bicyclic) bond motifs is 1. The fourth-order valence-electron chi connectivity index (χ4n) is 4.22. The molecule has 0 bridgehead atoms. The van der Waals surface area contributed by atoms with Crippen LogP contribution in [0.3, 0.4) is 0 Å². The van der Waals surface area contributed by atoms with Gasteiger partial charge >= 0.3 is 5.63 Å². The minimum atomic E-state index is -0.369. The van der Waals surface area contributed by atoms with E-state index in [-0.39, 0.29) is 11.5 Å². The molecule has 0 atom stereocenters. The molecule has 2 aromatic carbocycles. The van der Waals surface area contributed by atoms with E-state index in [0.717, 1.165) is 49.2 Å². The number of nitrogens with zero attached hydrogens (tertiary/aromatic N) is 2. The maximum atomic E-state index is 12.9. The Hall–Kier alpha value is -3.42. The van der Waals surface area contributed by atoms with E-state index in [1.54, 1.807) is 17.4 Å². The van der Waals surface area contributed by atoms with Gasteiger partial charge in [-0.2, -0.15) is 0 Å². The molecule has 1 fully saturated rings. The van der Waals surface area contributed by atoms with Crippen LogP contribution in [0, 0.1) is 6.92 Å². The van der Waals surface area contributed by atoms with E-state index in [0.29, 0.717) is 23.5 Å². The Labute approximate surface area is 202 Å². The van der Waals surface area contributed by atoms with Crippen LogP contribution in [0.5, 0.6) is 5.75 Å². The molecule has 1 saturated heterocycles. The van der Waals surface area contributed by atoms with Gasteiger partial charge in [0.05, 0.1) is 0 Å². The van der Waals surface area contributed by atoms with Crippen molar-refractivity contribution in [2.45, 2.75) is 20.1 Å². The number of piperazine rings is 1. The van der Waals surface area contributed by atoms with Crippen LogP contribution in [0.4, 0.5) is 0 Å². The predicted molar refractivity (Wildman–Crippen MR) is 133 cm³/mol. The molecule has 7 heteroatoms. The molecule has 6 nitrogen and oxygen atoms in total. The van der Waals surface area contributed by atoms with Gasteiger partial charge in [0.25, 0.3) is 5.91 Å². The number of amides is 1. The summed E-state index contributed by atoms with van der Waals surface area (Å²) in [6, 6.07) is 18.8. The number of aryl methyl sites for hydroxylation is 1. The minimum Gasteiger partial charge on any atom is -0.489 e. The van der Waals surface area contributed by atoms with Crippen molar-refractivity contribution in [3.05, 3.63) is 98.0 Å². The van der Waals surface area contributed by atoms with Crippen LogP contribution in [0.15, 0.2) is 75.3 Å². The van der Waals surface area contributed by atoms with Crippen molar-refractivity contribution in [2.24, 2.45) is 0 Å². The van der Waals surface area contributed by atoms with Crippen LogP contribution in [0.25, 0.3) is 11.0 Å². The van der Waals surface area contributed by atoms with Crippen LogP contribution in [-0.4, -0.2) is 41.9 Å². The molecule has 0 saturated carbocycles. The third-order valence-electron chi connectivity index (χ3n) is 6.15. The van der Waals surface area contributed by atoms with Gasteiger partial charge in [0, 0.05) is 60.7 Å². The van der Waals surface area contributed by atoms with Gasteiger partial charge in [-0.3, -0.25) is 9.69 Å². The van der Waals surface area contributed by atoms with E-state index in [1.807, 2.05) is 48.2 Å². The van der Waals surface area contributed by atoms with Gasteiger partial charge in [-0.25, -0.2) is 4.79 Å². The lowest BCUT2D eigenvalue weighted by Gasteiger charge is -2.34. The minimum absolute atomic E-state index is 0.0724. The van der Waals surface area contributed by atoms with Crippen molar-refractivity contribution in [3.63, 3.8) is 0 Å². The summed E-state index contributed by atoms with van der Waals surface area (Å²) in [4.78, 5) is 30.3. The number of benzene rings is 2. The zero-order valence-electron chi connectivity index (χ0n) is 19.0. The van der Waals surface area contributed by atoms with Crippen molar-refractivity contribution in [1.82, 2.24) is 9.80 Å². The first-order chi connectivity index (χ1) is 16.5. The Kier molecular flexibility index (Phi) is 6.47. The summed E-state index contributed by atoms with van der Waals surface area (Å²) < 4.78 is 11.2. The summed E-state index contributed by atoms with van der Waals surface area (Å²) in [6.07, 6.45) is 0. The second-order valence-corrected chi connectivity index (χ2v) is 9.57. The first kappa shape index (κ1) is 22.4. The maximum Gasteiger partial charge on any atom is 0.336 e. The Morgan fingerprint density at radius 1 is 1.03 bits per heavy atom. The Balaban J connectivity index is 1.16. The van der Waals surface area contributed by atoms with Crippen molar-refractivity contribution >= 4 is 28.2 Å². The molecule has 4 aromatic rings. The number of carbonyl (C=O) groups excluding carboxylic acids is 1. The molecule has 0 unspecified atom stereocenters. The van der Waals surface area contributed by atoms with Gasteiger partial charge in [0.15, 0.2) is 0 Å². The van der Waals surface area contributed by atoms with Crippen LogP contribution in [0.2, 0.25) is 0 Å². The monoisotopic (exact) mass is 474 g/mol. The summed E-state index contributed by atoms with van der Waals surface area (Å²) in [5.41, 5.74) is 2.67. The highest BCUT2D eigenvalue weighted by atomic mass is 32.1. The van der Waals surface area contributed by atoms with Gasteiger partial charge in [-0.15, -0.1) is 11.3 Å². The first-order valence-corrected chi connectivity index (χ1v) is 12.2. The number of hydrogen-bond acceptors (Lipinski definition) is 6. The largest absolute Gasteiger partial charge is 0.489 e. The van der Waals surface area contributed by atoms with Crippen LogP contribution < -0.4 is 10.4 Å². The van der Waals surface area contributed by atoms with Gasteiger partial charge in [0.2, 0.25) is 0 Å². The average molecular weight is 475 g/mol. The molecule has 1 aliphatic heterocycles. The molecule has 0 spiro atoms. The Bertz CT molecular complexity index is 1340. The van der Waals surface area contributed by atoms with Crippen molar-refractivity contribution in [3.8, 4) is 5.75 Å². The topological polar surface area (TPSA) is 63.0 Å². The normalized spacial score (nSPS) is 14.4. The second kappa shape index (κ2) is 9.83. The number of ether oxygens (including phenoxy) is 1. The molecule has 34 heavy (non-hydrogen) atoms. The lowest BCUT2D eigenvalue weighted by Crippen LogP contribution is -2.48. The van der Waals surface area contributed by atoms with E-state index in [9.17, 15) is 9.59 Å². The first-order valence-electron chi connectivity index (χ1n) is 11.4. The molecular formula is C27H26N2O4S. The molecule has 0 N–H and O–H groups in total. The molecule has 0 radical (unpaired) electrons. The van der Waals surface area contributed by atoms with Gasteiger partial charge < -0.3 is 14.1 Å². The van der Waals surface area contributed by atoms with Gasteiger partial charge in [0.1, 0.15) is 17.9 Å².